The molecule has 0 bridgehead atoms. The van der Waals surface area contributed by atoms with Gasteiger partial charge in [-0.05, 0) is 55.6 Å². The third-order valence-corrected chi connectivity index (χ3v) is 8.53. The lowest BCUT2D eigenvalue weighted by molar-refractivity contribution is -0.387. The number of benzene rings is 2. The summed E-state index contributed by atoms with van der Waals surface area (Å²) in [5, 5.41) is 14.2. The van der Waals surface area contributed by atoms with E-state index in [1.54, 1.807) is 6.07 Å². The van der Waals surface area contributed by atoms with E-state index in [0.717, 1.165) is 31.2 Å². The Morgan fingerprint density at radius 3 is 2.29 bits per heavy atom. The third kappa shape index (κ3) is 5.76. The standard InChI is InChI=1S/C25H29N3O6S/c29-23-14-13-21(19-5-1-2-6-20(19)23)25(30)26-15-17-9-11-18(12-10-17)16-27-35(33,34)24-8-4-3-7-22(24)28(31)32/h1-8,17-18,21,27H,9-16H2,(H,26,30). The number of para-hydroxylation sites is 1. The van der Waals surface area contributed by atoms with Gasteiger partial charge < -0.3 is 5.32 Å². The number of sulfonamides is 1. The van der Waals surface area contributed by atoms with Crippen LogP contribution >= 0.6 is 0 Å². The van der Waals surface area contributed by atoms with Crippen LogP contribution in [-0.4, -0.2) is 38.1 Å². The largest absolute Gasteiger partial charge is 0.355 e. The number of nitro groups is 1. The number of ketones is 1. The van der Waals surface area contributed by atoms with E-state index in [2.05, 4.69) is 10.0 Å². The maximum absolute atomic E-state index is 12.9. The number of rotatable bonds is 8. The fraction of sp³-hybridized carbons (Fsp3) is 0.440. The minimum Gasteiger partial charge on any atom is -0.355 e. The Bertz CT molecular complexity index is 1220. The van der Waals surface area contributed by atoms with Gasteiger partial charge in [0.15, 0.2) is 10.7 Å². The van der Waals surface area contributed by atoms with Crippen LogP contribution < -0.4 is 10.0 Å². The zero-order valence-electron chi connectivity index (χ0n) is 19.3. The van der Waals surface area contributed by atoms with Gasteiger partial charge in [-0.25, -0.2) is 13.1 Å². The molecule has 10 heteroatoms. The number of nitrogens with zero attached hydrogens (tertiary/aromatic N) is 1. The highest BCUT2D eigenvalue weighted by Gasteiger charge is 2.31. The second-order valence-electron chi connectivity index (χ2n) is 9.31. The van der Waals surface area contributed by atoms with Crippen molar-refractivity contribution in [2.45, 2.75) is 49.3 Å². The minimum absolute atomic E-state index is 0.0516. The number of hydrogen-bond acceptors (Lipinski definition) is 6. The number of amides is 1. The second-order valence-corrected chi connectivity index (χ2v) is 11.0. The summed E-state index contributed by atoms with van der Waals surface area (Å²) in [7, 11) is -3.98. The third-order valence-electron chi connectivity index (χ3n) is 7.06. The first-order chi connectivity index (χ1) is 16.8. The van der Waals surface area contributed by atoms with Gasteiger partial charge in [-0.2, -0.15) is 0 Å². The summed E-state index contributed by atoms with van der Waals surface area (Å²) in [6.07, 6.45) is 4.23. The maximum atomic E-state index is 12.9. The summed E-state index contributed by atoms with van der Waals surface area (Å²) < 4.78 is 27.8. The monoisotopic (exact) mass is 499 g/mol. The van der Waals surface area contributed by atoms with Crippen molar-refractivity contribution in [2.24, 2.45) is 11.8 Å². The van der Waals surface area contributed by atoms with Crippen LogP contribution in [0, 0.1) is 22.0 Å². The Kier molecular flexibility index (Phi) is 7.61. The highest BCUT2D eigenvalue weighted by atomic mass is 32.2. The van der Waals surface area contributed by atoms with Crippen LogP contribution in [0.2, 0.25) is 0 Å². The van der Waals surface area contributed by atoms with Gasteiger partial charge in [-0.3, -0.25) is 19.7 Å². The van der Waals surface area contributed by atoms with Gasteiger partial charge in [-0.15, -0.1) is 0 Å². The second kappa shape index (κ2) is 10.7. The van der Waals surface area contributed by atoms with Crippen molar-refractivity contribution in [1.29, 1.82) is 0 Å². The average molecular weight is 500 g/mol. The lowest BCUT2D eigenvalue weighted by atomic mass is 9.80. The number of hydrogen-bond donors (Lipinski definition) is 2. The van der Waals surface area contributed by atoms with E-state index in [4.69, 9.17) is 0 Å². The van der Waals surface area contributed by atoms with E-state index in [1.807, 2.05) is 18.2 Å². The molecule has 4 rings (SSSR count). The first-order valence-corrected chi connectivity index (χ1v) is 13.4. The Morgan fingerprint density at radius 1 is 0.943 bits per heavy atom. The highest BCUT2D eigenvalue weighted by molar-refractivity contribution is 7.89. The first-order valence-electron chi connectivity index (χ1n) is 11.9. The van der Waals surface area contributed by atoms with E-state index in [1.165, 1.54) is 24.3 Å². The molecule has 1 amide bonds. The minimum atomic E-state index is -3.98. The number of Topliss-reactive ketones (excluding diaryl/α,β-unsaturated/α-hetero) is 1. The fourth-order valence-corrected chi connectivity index (χ4v) is 6.33. The molecule has 1 unspecified atom stereocenters. The summed E-state index contributed by atoms with van der Waals surface area (Å²) in [5.74, 6) is 0.166. The smallest absolute Gasteiger partial charge is 0.289 e. The predicted molar refractivity (Wildman–Crippen MR) is 129 cm³/mol. The molecule has 1 atom stereocenters. The molecule has 2 aromatic rings. The van der Waals surface area contributed by atoms with Gasteiger partial charge >= 0.3 is 0 Å². The molecule has 0 aromatic heterocycles. The van der Waals surface area contributed by atoms with E-state index in [0.29, 0.717) is 30.9 Å². The Balaban J connectivity index is 1.25. The lowest BCUT2D eigenvalue weighted by Gasteiger charge is -2.30. The fourth-order valence-electron chi connectivity index (χ4n) is 5.04. The molecule has 2 aliphatic carbocycles. The number of carbonyl (C=O) groups is 2. The molecule has 2 N–H and O–H groups in total. The average Bonchev–Trinajstić information content (AvgIpc) is 2.87. The number of nitro benzene ring substituents is 1. The zero-order valence-corrected chi connectivity index (χ0v) is 20.1. The number of nitrogens with one attached hydrogen (secondary N) is 2. The molecule has 186 valence electrons. The van der Waals surface area contributed by atoms with Crippen molar-refractivity contribution >= 4 is 27.4 Å². The van der Waals surface area contributed by atoms with Gasteiger partial charge in [0.1, 0.15) is 0 Å². The van der Waals surface area contributed by atoms with Gasteiger partial charge in [0.25, 0.3) is 5.69 Å². The van der Waals surface area contributed by atoms with Crippen molar-refractivity contribution in [2.75, 3.05) is 13.1 Å². The van der Waals surface area contributed by atoms with E-state index >= 15 is 0 Å². The first kappa shape index (κ1) is 25.0. The van der Waals surface area contributed by atoms with Gasteiger partial charge in [0.2, 0.25) is 15.9 Å². The summed E-state index contributed by atoms with van der Waals surface area (Å²) >= 11 is 0. The molecule has 0 aliphatic heterocycles. The molecule has 0 spiro atoms. The Labute approximate surface area is 204 Å². The normalized spacial score (nSPS) is 22.3. The van der Waals surface area contributed by atoms with Crippen molar-refractivity contribution in [3.8, 4) is 0 Å². The Morgan fingerprint density at radius 2 is 1.57 bits per heavy atom. The van der Waals surface area contributed by atoms with Crippen molar-refractivity contribution in [1.82, 2.24) is 10.0 Å². The predicted octanol–water partition coefficient (Wildman–Crippen LogP) is 3.56. The molecular weight excluding hydrogens is 470 g/mol. The molecular formula is C25H29N3O6S. The zero-order chi connectivity index (χ0) is 25.0. The molecule has 0 saturated heterocycles. The van der Waals surface area contributed by atoms with E-state index in [9.17, 15) is 28.1 Å². The van der Waals surface area contributed by atoms with E-state index in [-0.39, 0.29) is 35.0 Å². The summed E-state index contributed by atoms with van der Waals surface area (Å²) in [6.45, 7) is 0.778. The van der Waals surface area contributed by atoms with Crippen LogP contribution in [0.1, 0.15) is 60.4 Å². The van der Waals surface area contributed by atoms with Gasteiger partial charge in [0, 0.05) is 31.1 Å². The highest BCUT2D eigenvalue weighted by Crippen LogP contribution is 2.33. The van der Waals surface area contributed by atoms with Crippen molar-refractivity contribution in [3.05, 3.63) is 69.8 Å². The van der Waals surface area contributed by atoms with Crippen molar-refractivity contribution in [3.63, 3.8) is 0 Å². The SMILES string of the molecule is O=C1CCC(C(=O)NCC2CCC(CNS(=O)(=O)c3ccccc3[N+](=O)[O-])CC2)c2ccccc21. The number of fused-ring (bicyclic) bond motifs is 1. The number of carbonyl (C=O) groups excluding carboxylic acids is 2. The molecule has 2 aliphatic rings. The van der Waals surface area contributed by atoms with Crippen LogP contribution in [-0.2, 0) is 14.8 Å². The molecule has 35 heavy (non-hydrogen) atoms. The molecule has 0 heterocycles. The van der Waals surface area contributed by atoms with Crippen LogP contribution in [0.5, 0.6) is 0 Å². The molecule has 1 fully saturated rings. The quantitative estimate of drug-likeness (QED) is 0.421. The summed E-state index contributed by atoms with van der Waals surface area (Å²) in [6, 6.07) is 12.6. The maximum Gasteiger partial charge on any atom is 0.289 e. The van der Waals surface area contributed by atoms with E-state index < -0.39 is 20.6 Å². The van der Waals surface area contributed by atoms with Crippen LogP contribution in [0.15, 0.2) is 53.4 Å². The molecule has 0 radical (unpaired) electrons. The van der Waals surface area contributed by atoms with Gasteiger partial charge in [-0.1, -0.05) is 36.4 Å². The molecule has 2 aromatic carbocycles. The topological polar surface area (TPSA) is 135 Å². The lowest BCUT2D eigenvalue weighted by Crippen LogP contribution is -2.37. The van der Waals surface area contributed by atoms with Gasteiger partial charge in [0.05, 0.1) is 10.8 Å². The van der Waals surface area contributed by atoms with Crippen LogP contribution in [0.3, 0.4) is 0 Å². The van der Waals surface area contributed by atoms with Crippen molar-refractivity contribution < 1.29 is 22.9 Å². The summed E-state index contributed by atoms with van der Waals surface area (Å²) in [5.41, 5.74) is 1.00. The Hall–Kier alpha value is -3.11. The molecule has 9 nitrogen and oxygen atoms in total. The van der Waals surface area contributed by atoms with Crippen LogP contribution in [0.25, 0.3) is 0 Å². The van der Waals surface area contributed by atoms with Crippen LogP contribution in [0.4, 0.5) is 5.69 Å². The molecule has 1 saturated carbocycles. The summed E-state index contributed by atoms with van der Waals surface area (Å²) in [4.78, 5) is 35.1.